The predicted molar refractivity (Wildman–Crippen MR) is 123 cm³/mol. The number of fused-ring (bicyclic) bond motifs is 1. The molecule has 0 aliphatic carbocycles. The molecule has 9 heteroatoms. The minimum atomic E-state index is -0.712. The molecule has 0 bridgehead atoms. The van der Waals surface area contributed by atoms with Gasteiger partial charge in [0.1, 0.15) is 17.1 Å². The molecule has 4 rings (SSSR count). The molecule has 33 heavy (non-hydrogen) atoms. The van der Waals surface area contributed by atoms with E-state index in [9.17, 15) is 8.78 Å². The number of nitrogens with zero attached hydrogens (tertiary/aromatic N) is 3. The highest BCUT2D eigenvalue weighted by Crippen LogP contribution is 2.43. The van der Waals surface area contributed by atoms with Gasteiger partial charge in [-0.2, -0.15) is 0 Å². The van der Waals surface area contributed by atoms with Crippen molar-refractivity contribution in [3.63, 3.8) is 0 Å². The van der Waals surface area contributed by atoms with Crippen LogP contribution in [0.2, 0.25) is 0 Å². The minimum Gasteiger partial charge on any atom is -0.481 e. The standard InChI is InChI=1S/C24H26F3N5O/c1-5-13(2)32-12-24(3,4)33-22-17(26)8-14(9-20(22)32)21-18(27)11-29-23(31-21)30-15-6-7-19(28)16(25)10-15/h6-11,13H,5,12,28H2,1-4H3,(H,29,30,31). The van der Waals surface area contributed by atoms with E-state index in [0.717, 1.165) is 12.6 Å². The van der Waals surface area contributed by atoms with Crippen molar-refractivity contribution in [2.45, 2.75) is 45.8 Å². The number of halogens is 3. The van der Waals surface area contributed by atoms with Crippen LogP contribution in [0, 0.1) is 17.5 Å². The summed E-state index contributed by atoms with van der Waals surface area (Å²) in [4.78, 5) is 10.2. The summed E-state index contributed by atoms with van der Waals surface area (Å²) in [5, 5.41) is 2.82. The molecule has 1 aromatic heterocycles. The van der Waals surface area contributed by atoms with Crippen LogP contribution < -0.4 is 20.7 Å². The van der Waals surface area contributed by atoms with Crippen LogP contribution in [0.3, 0.4) is 0 Å². The molecule has 6 nitrogen and oxygen atoms in total. The van der Waals surface area contributed by atoms with Crippen LogP contribution in [0.4, 0.5) is 36.2 Å². The van der Waals surface area contributed by atoms with Gasteiger partial charge in [0.25, 0.3) is 0 Å². The van der Waals surface area contributed by atoms with Crippen molar-refractivity contribution >= 4 is 23.0 Å². The summed E-state index contributed by atoms with van der Waals surface area (Å²) in [5.41, 5.74) is 5.97. The quantitative estimate of drug-likeness (QED) is 0.482. The summed E-state index contributed by atoms with van der Waals surface area (Å²) in [6.07, 6.45) is 1.83. The molecule has 1 unspecified atom stereocenters. The Morgan fingerprint density at radius 2 is 1.91 bits per heavy atom. The molecular formula is C24H26F3N5O. The summed E-state index contributed by atoms with van der Waals surface area (Å²) < 4.78 is 49.6. The molecule has 3 N–H and O–H groups in total. The van der Waals surface area contributed by atoms with Crippen LogP contribution in [-0.4, -0.2) is 28.2 Å². The first kappa shape index (κ1) is 22.7. The van der Waals surface area contributed by atoms with E-state index >= 15 is 4.39 Å². The Kier molecular flexibility index (Phi) is 5.82. The number of nitrogens with one attached hydrogen (secondary N) is 1. The molecule has 3 aromatic rings. The Morgan fingerprint density at radius 3 is 2.61 bits per heavy atom. The maximum absolute atomic E-state index is 15.2. The second kappa shape index (κ2) is 8.46. The first-order chi connectivity index (χ1) is 15.6. The van der Waals surface area contributed by atoms with Crippen molar-refractivity contribution in [1.82, 2.24) is 9.97 Å². The average Bonchev–Trinajstić information content (AvgIpc) is 2.76. The third-order valence-electron chi connectivity index (χ3n) is 5.66. The molecule has 1 aliphatic heterocycles. The maximum Gasteiger partial charge on any atom is 0.227 e. The van der Waals surface area contributed by atoms with Gasteiger partial charge in [0.15, 0.2) is 17.4 Å². The van der Waals surface area contributed by atoms with Gasteiger partial charge in [-0.1, -0.05) is 6.92 Å². The second-order valence-electron chi connectivity index (χ2n) is 8.80. The number of benzene rings is 2. The van der Waals surface area contributed by atoms with Gasteiger partial charge >= 0.3 is 0 Å². The molecule has 0 saturated heterocycles. The van der Waals surface area contributed by atoms with E-state index in [4.69, 9.17) is 10.5 Å². The van der Waals surface area contributed by atoms with E-state index in [1.807, 2.05) is 13.8 Å². The summed E-state index contributed by atoms with van der Waals surface area (Å²) >= 11 is 0. The monoisotopic (exact) mass is 457 g/mol. The first-order valence-corrected chi connectivity index (χ1v) is 10.7. The van der Waals surface area contributed by atoms with Crippen LogP contribution in [0.25, 0.3) is 11.3 Å². The lowest BCUT2D eigenvalue weighted by Gasteiger charge is -2.44. The smallest absolute Gasteiger partial charge is 0.227 e. The van der Waals surface area contributed by atoms with Crippen molar-refractivity contribution in [2.75, 3.05) is 22.5 Å². The summed E-state index contributed by atoms with van der Waals surface area (Å²) in [6, 6.07) is 7.13. The van der Waals surface area contributed by atoms with E-state index in [0.29, 0.717) is 17.9 Å². The van der Waals surface area contributed by atoms with Gasteiger partial charge < -0.3 is 20.7 Å². The molecule has 0 radical (unpaired) electrons. The SMILES string of the molecule is CCC(C)N1CC(C)(C)Oc2c(F)cc(-c3nc(Nc4ccc(N)c(F)c4)ncc3F)cc21. The summed E-state index contributed by atoms with van der Waals surface area (Å²) in [6.45, 7) is 8.46. The van der Waals surface area contributed by atoms with Crippen molar-refractivity contribution < 1.29 is 17.9 Å². The predicted octanol–water partition coefficient (Wildman–Crippen LogP) is 5.66. The zero-order valence-electron chi connectivity index (χ0n) is 18.9. The number of ether oxygens (including phenoxy) is 1. The fraction of sp³-hybridized carbons (Fsp3) is 0.333. The van der Waals surface area contributed by atoms with Gasteiger partial charge in [-0.15, -0.1) is 0 Å². The van der Waals surface area contributed by atoms with Gasteiger partial charge in [-0.3, -0.25) is 0 Å². The van der Waals surface area contributed by atoms with Crippen molar-refractivity contribution in [1.29, 1.82) is 0 Å². The van der Waals surface area contributed by atoms with E-state index in [1.54, 1.807) is 12.1 Å². The van der Waals surface area contributed by atoms with Gasteiger partial charge in [0.2, 0.25) is 5.95 Å². The maximum atomic E-state index is 15.2. The zero-order valence-corrected chi connectivity index (χ0v) is 18.9. The normalized spacial score (nSPS) is 15.5. The lowest BCUT2D eigenvalue weighted by atomic mass is 10.00. The highest BCUT2D eigenvalue weighted by molar-refractivity contribution is 5.73. The summed E-state index contributed by atoms with van der Waals surface area (Å²) in [5.74, 6) is -1.75. The van der Waals surface area contributed by atoms with E-state index in [-0.39, 0.29) is 34.7 Å². The summed E-state index contributed by atoms with van der Waals surface area (Å²) in [7, 11) is 0. The van der Waals surface area contributed by atoms with E-state index in [1.165, 1.54) is 18.2 Å². The number of nitrogens with two attached hydrogens (primary N) is 1. The fourth-order valence-corrected chi connectivity index (χ4v) is 3.81. The number of anilines is 4. The molecule has 0 amide bonds. The molecule has 174 valence electrons. The van der Waals surface area contributed by atoms with E-state index < -0.39 is 23.1 Å². The second-order valence-corrected chi connectivity index (χ2v) is 8.80. The zero-order chi connectivity index (χ0) is 23.9. The topological polar surface area (TPSA) is 76.3 Å². The number of nitrogen functional groups attached to an aromatic ring is 1. The van der Waals surface area contributed by atoms with Gasteiger partial charge in [-0.05, 0) is 57.5 Å². The number of rotatable bonds is 5. The fourth-order valence-electron chi connectivity index (χ4n) is 3.81. The average molecular weight is 458 g/mol. The largest absolute Gasteiger partial charge is 0.481 e. The van der Waals surface area contributed by atoms with Gasteiger partial charge in [0, 0.05) is 17.3 Å². The third-order valence-corrected chi connectivity index (χ3v) is 5.66. The molecule has 2 heterocycles. The van der Waals surface area contributed by atoms with Crippen LogP contribution in [-0.2, 0) is 0 Å². The number of hydrogen-bond donors (Lipinski definition) is 2. The van der Waals surface area contributed by atoms with Crippen molar-refractivity contribution in [3.8, 4) is 17.0 Å². The van der Waals surface area contributed by atoms with Crippen molar-refractivity contribution in [3.05, 3.63) is 54.0 Å². The molecule has 1 aliphatic rings. The molecule has 2 aromatic carbocycles. The Hall–Kier alpha value is -3.49. The molecule has 0 spiro atoms. The lowest BCUT2D eigenvalue weighted by Crippen LogP contribution is -2.50. The van der Waals surface area contributed by atoms with Crippen LogP contribution in [0.5, 0.6) is 5.75 Å². The van der Waals surface area contributed by atoms with Crippen LogP contribution in [0.1, 0.15) is 34.1 Å². The van der Waals surface area contributed by atoms with Crippen LogP contribution >= 0.6 is 0 Å². The first-order valence-electron chi connectivity index (χ1n) is 10.7. The molecule has 0 saturated carbocycles. The molecule has 0 fully saturated rings. The highest BCUT2D eigenvalue weighted by Gasteiger charge is 2.36. The van der Waals surface area contributed by atoms with Gasteiger partial charge in [-0.25, -0.2) is 23.1 Å². The Bertz CT molecular complexity index is 1200. The number of hydrogen-bond acceptors (Lipinski definition) is 6. The highest BCUT2D eigenvalue weighted by atomic mass is 19.1. The third kappa shape index (κ3) is 4.53. The van der Waals surface area contributed by atoms with Crippen molar-refractivity contribution in [2.24, 2.45) is 0 Å². The van der Waals surface area contributed by atoms with Crippen LogP contribution in [0.15, 0.2) is 36.5 Å². The Labute approximate surface area is 190 Å². The number of aromatic nitrogens is 2. The minimum absolute atomic E-state index is 0.00190. The Morgan fingerprint density at radius 1 is 1.15 bits per heavy atom. The molecule has 1 atom stereocenters. The van der Waals surface area contributed by atoms with Gasteiger partial charge in [0.05, 0.1) is 24.1 Å². The molecular weight excluding hydrogens is 431 g/mol. The Balaban J connectivity index is 1.76. The lowest BCUT2D eigenvalue weighted by molar-refractivity contribution is 0.0960. The van der Waals surface area contributed by atoms with E-state index in [2.05, 4.69) is 34.0 Å².